The van der Waals surface area contributed by atoms with Crippen molar-refractivity contribution in [2.45, 2.75) is 38.4 Å². The Morgan fingerprint density at radius 1 is 1.27 bits per heavy atom. The van der Waals surface area contributed by atoms with Crippen molar-refractivity contribution in [3.63, 3.8) is 0 Å². The molecular weight excluding hydrogens is 211 g/mol. The summed E-state index contributed by atoms with van der Waals surface area (Å²) in [6.45, 7) is 3.12. The molecule has 0 unspecified atom stereocenters. The first-order valence-electron chi connectivity index (χ1n) is 4.63. The first-order chi connectivity index (χ1) is 6.69. The Kier molecular flexibility index (Phi) is 2.80. The Morgan fingerprint density at radius 2 is 1.73 bits per heavy atom. The first-order valence-corrected chi connectivity index (χ1v) is 4.63. The van der Waals surface area contributed by atoms with Crippen molar-refractivity contribution in [1.82, 2.24) is 5.32 Å². The number of carbonyl (C=O) groups excluding carboxylic acids is 2. The van der Waals surface area contributed by atoms with Gasteiger partial charge in [0.2, 0.25) is 5.91 Å². The average Bonchev–Trinajstić information content (AvgIpc) is 2.82. The highest BCUT2D eigenvalue weighted by atomic mass is 19.4. The zero-order valence-corrected chi connectivity index (χ0v) is 8.44. The number of nitrogens with one attached hydrogen (secondary N) is 1. The van der Waals surface area contributed by atoms with E-state index in [1.165, 1.54) is 0 Å². The summed E-state index contributed by atoms with van der Waals surface area (Å²) in [5.41, 5.74) is -1.67. The van der Waals surface area contributed by atoms with Crippen molar-refractivity contribution in [2.24, 2.45) is 5.92 Å². The van der Waals surface area contributed by atoms with Gasteiger partial charge in [0.15, 0.2) is 0 Å². The lowest BCUT2D eigenvalue weighted by Gasteiger charge is -2.18. The number of Topliss-reactive ketones (excluding diaryl/α,β-unsaturated/α-hetero) is 1. The van der Waals surface area contributed by atoms with Gasteiger partial charge in [0.05, 0.1) is 0 Å². The van der Waals surface area contributed by atoms with E-state index in [1.54, 1.807) is 13.8 Å². The SMILES string of the molecule is CC(C)C(=O)NC1(C(=O)C(F)(F)F)CC1. The molecule has 0 aromatic rings. The van der Waals surface area contributed by atoms with Crippen LogP contribution in [0, 0.1) is 5.92 Å². The van der Waals surface area contributed by atoms with Gasteiger partial charge in [-0.1, -0.05) is 13.8 Å². The molecule has 0 atom stereocenters. The molecule has 15 heavy (non-hydrogen) atoms. The predicted octanol–water partition coefficient (Wildman–Crippen LogP) is 1.42. The Hall–Kier alpha value is -1.07. The van der Waals surface area contributed by atoms with Gasteiger partial charge in [0, 0.05) is 5.92 Å². The maximum absolute atomic E-state index is 12.1. The first kappa shape index (κ1) is 12.0. The number of alkyl halides is 3. The van der Waals surface area contributed by atoms with Crippen LogP contribution in [0.25, 0.3) is 0 Å². The summed E-state index contributed by atoms with van der Waals surface area (Å²) in [6.07, 6.45) is -4.73. The molecule has 0 bridgehead atoms. The van der Waals surface area contributed by atoms with Crippen LogP contribution in [0.2, 0.25) is 0 Å². The second kappa shape index (κ2) is 3.50. The Bertz CT molecular complexity index is 292. The fourth-order valence-electron chi connectivity index (χ4n) is 1.19. The van der Waals surface area contributed by atoms with E-state index in [2.05, 4.69) is 5.32 Å². The highest BCUT2D eigenvalue weighted by Gasteiger charge is 2.60. The molecule has 0 aromatic carbocycles. The van der Waals surface area contributed by atoms with Crippen LogP contribution in [-0.2, 0) is 9.59 Å². The topological polar surface area (TPSA) is 46.2 Å². The summed E-state index contributed by atoms with van der Waals surface area (Å²) in [5.74, 6) is -2.79. The third-order valence-corrected chi connectivity index (χ3v) is 2.33. The molecule has 1 saturated carbocycles. The molecule has 1 amide bonds. The second-order valence-corrected chi connectivity index (χ2v) is 4.05. The molecular formula is C9H12F3NO2. The van der Waals surface area contributed by atoms with E-state index >= 15 is 0 Å². The number of rotatable bonds is 3. The summed E-state index contributed by atoms with van der Waals surface area (Å²) in [5, 5.41) is 2.16. The molecule has 1 fully saturated rings. The van der Waals surface area contributed by atoms with Crippen LogP contribution >= 0.6 is 0 Å². The Morgan fingerprint density at radius 3 is 2.00 bits per heavy atom. The zero-order valence-electron chi connectivity index (χ0n) is 8.44. The molecule has 6 heteroatoms. The zero-order chi connectivity index (χ0) is 11.9. The van der Waals surface area contributed by atoms with Gasteiger partial charge in [-0.15, -0.1) is 0 Å². The van der Waals surface area contributed by atoms with Gasteiger partial charge in [-0.05, 0) is 12.8 Å². The molecule has 1 aliphatic rings. The van der Waals surface area contributed by atoms with Gasteiger partial charge in [0.1, 0.15) is 5.54 Å². The number of hydrogen-bond acceptors (Lipinski definition) is 2. The number of halogens is 3. The average molecular weight is 223 g/mol. The number of ketones is 1. The predicted molar refractivity (Wildman–Crippen MR) is 46.0 cm³/mol. The molecule has 0 radical (unpaired) electrons. The van der Waals surface area contributed by atoms with Crippen LogP contribution in [-0.4, -0.2) is 23.4 Å². The lowest BCUT2D eigenvalue weighted by molar-refractivity contribution is -0.175. The van der Waals surface area contributed by atoms with Gasteiger partial charge in [-0.3, -0.25) is 9.59 Å². The largest absolute Gasteiger partial charge is 0.452 e. The molecule has 0 aromatic heterocycles. The molecule has 0 spiro atoms. The second-order valence-electron chi connectivity index (χ2n) is 4.05. The van der Waals surface area contributed by atoms with Crippen molar-refractivity contribution in [3.8, 4) is 0 Å². The molecule has 1 rings (SSSR count). The van der Waals surface area contributed by atoms with Crippen LogP contribution in [0.1, 0.15) is 26.7 Å². The van der Waals surface area contributed by atoms with Crippen molar-refractivity contribution >= 4 is 11.7 Å². The van der Waals surface area contributed by atoms with Crippen LogP contribution in [0.4, 0.5) is 13.2 Å². The van der Waals surface area contributed by atoms with E-state index in [0.29, 0.717) is 0 Å². The summed E-state index contributed by atoms with van der Waals surface area (Å²) in [7, 11) is 0. The number of hydrogen-bond donors (Lipinski definition) is 1. The van der Waals surface area contributed by atoms with Crippen molar-refractivity contribution in [1.29, 1.82) is 0 Å². The smallest absolute Gasteiger partial charge is 0.343 e. The van der Waals surface area contributed by atoms with Gasteiger partial charge in [-0.2, -0.15) is 13.2 Å². The Balaban J connectivity index is 2.69. The molecule has 3 nitrogen and oxygen atoms in total. The third kappa shape index (κ3) is 2.49. The minimum absolute atomic E-state index is 0.0732. The van der Waals surface area contributed by atoms with E-state index in [0.717, 1.165) is 0 Å². The lowest BCUT2D eigenvalue weighted by Crippen LogP contribution is -2.50. The summed E-state index contributed by atoms with van der Waals surface area (Å²) in [6, 6.07) is 0. The fraction of sp³-hybridized carbons (Fsp3) is 0.778. The van der Waals surface area contributed by atoms with Crippen LogP contribution in [0.3, 0.4) is 0 Å². The fourth-order valence-corrected chi connectivity index (χ4v) is 1.19. The highest BCUT2D eigenvalue weighted by Crippen LogP contribution is 2.41. The van der Waals surface area contributed by atoms with E-state index in [1.807, 2.05) is 0 Å². The van der Waals surface area contributed by atoms with Crippen LogP contribution in [0.5, 0.6) is 0 Å². The summed E-state index contributed by atoms with van der Waals surface area (Å²) in [4.78, 5) is 22.2. The van der Waals surface area contributed by atoms with E-state index in [-0.39, 0.29) is 12.8 Å². The monoisotopic (exact) mass is 223 g/mol. The molecule has 0 saturated heterocycles. The maximum atomic E-state index is 12.1. The lowest BCUT2D eigenvalue weighted by atomic mass is 10.1. The molecule has 0 aliphatic heterocycles. The molecule has 1 N–H and O–H groups in total. The van der Waals surface area contributed by atoms with E-state index in [9.17, 15) is 22.8 Å². The van der Waals surface area contributed by atoms with E-state index in [4.69, 9.17) is 0 Å². The van der Waals surface area contributed by atoms with Crippen molar-refractivity contribution in [2.75, 3.05) is 0 Å². The molecule has 0 heterocycles. The van der Waals surface area contributed by atoms with Gasteiger partial charge >= 0.3 is 6.18 Å². The summed E-state index contributed by atoms with van der Waals surface area (Å²) >= 11 is 0. The minimum atomic E-state index is -4.87. The molecule has 86 valence electrons. The van der Waals surface area contributed by atoms with Crippen LogP contribution in [0.15, 0.2) is 0 Å². The minimum Gasteiger partial charge on any atom is -0.343 e. The van der Waals surface area contributed by atoms with Gasteiger partial charge < -0.3 is 5.32 Å². The van der Waals surface area contributed by atoms with Crippen molar-refractivity contribution < 1.29 is 22.8 Å². The summed E-state index contributed by atoms with van der Waals surface area (Å²) < 4.78 is 36.4. The number of carbonyl (C=O) groups is 2. The van der Waals surface area contributed by atoms with E-state index < -0.39 is 29.3 Å². The van der Waals surface area contributed by atoms with Crippen molar-refractivity contribution in [3.05, 3.63) is 0 Å². The normalized spacial score (nSPS) is 18.8. The van der Waals surface area contributed by atoms with Gasteiger partial charge in [0.25, 0.3) is 5.78 Å². The standard InChI is InChI=1S/C9H12F3NO2/c1-5(2)6(14)13-8(3-4-8)7(15)9(10,11)12/h5H,3-4H2,1-2H3,(H,13,14). The third-order valence-electron chi connectivity index (χ3n) is 2.33. The van der Waals surface area contributed by atoms with Gasteiger partial charge in [-0.25, -0.2) is 0 Å². The highest BCUT2D eigenvalue weighted by molar-refractivity contribution is 5.99. The molecule has 1 aliphatic carbocycles. The maximum Gasteiger partial charge on any atom is 0.452 e. The Labute approximate surface area is 85.0 Å². The quantitative estimate of drug-likeness (QED) is 0.786. The number of amides is 1. The van der Waals surface area contributed by atoms with Crippen LogP contribution < -0.4 is 5.32 Å².